The number of nitrogens with two attached hydrogens (primary N) is 1. The van der Waals surface area contributed by atoms with Crippen molar-refractivity contribution in [2.75, 3.05) is 0 Å². The highest BCUT2D eigenvalue weighted by molar-refractivity contribution is 7.71. The van der Waals surface area contributed by atoms with Crippen LogP contribution in [0.1, 0.15) is 6.92 Å². The molecule has 1 atom stereocenters. The lowest BCUT2D eigenvalue weighted by Crippen LogP contribution is -2.37. The molecule has 0 spiro atoms. The molecule has 54 valence electrons. The number of amides is 1. The Morgan fingerprint density at radius 3 is 2.22 bits per heavy atom. The first-order valence-corrected chi connectivity index (χ1v) is 3.42. The number of nitrogens with one attached hydrogen (secondary N) is 1. The minimum atomic E-state index is -2.85. The molecule has 0 aliphatic rings. The van der Waals surface area contributed by atoms with Crippen molar-refractivity contribution in [2.45, 2.75) is 13.0 Å². The van der Waals surface area contributed by atoms with Crippen molar-refractivity contribution in [1.82, 2.24) is 4.72 Å². The summed E-state index contributed by atoms with van der Waals surface area (Å²) in [4.78, 5) is 10.3. The van der Waals surface area contributed by atoms with Gasteiger partial charge in [-0.15, -0.1) is 0 Å². The molecule has 0 saturated heterocycles. The summed E-state index contributed by atoms with van der Waals surface area (Å²) in [5.41, 5.74) is 5.00. The predicted molar refractivity (Wildman–Crippen MR) is 32.1 cm³/mol. The molecular weight excluding hydrogens is 144 g/mol. The van der Waals surface area contributed by atoms with Crippen LogP contribution in [0.3, 0.4) is 0 Å². The third kappa shape index (κ3) is 3.92. The van der Waals surface area contributed by atoms with Crippen LogP contribution in [0.2, 0.25) is 0 Å². The fourth-order valence-corrected chi connectivity index (χ4v) is 0.575. The molecule has 0 radical (unpaired) electrons. The average molecular weight is 152 g/mol. The number of carbonyl (C=O) groups is 1. The Morgan fingerprint density at radius 1 is 1.67 bits per heavy atom. The van der Waals surface area contributed by atoms with Crippen LogP contribution in [0.5, 0.6) is 0 Å². The molecule has 1 amide bonds. The monoisotopic (exact) mass is 152 g/mol. The van der Waals surface area contributed by atoms with Gasteiger partial charge in [-0.2, -0.15) is 0 Å². The van der Waals surface area contributed by atoms with Crippen LogP contribution < -0.4 is 10.5 Å². The van der Waals surface area contributed by atoms with Crippen molar-refractivity contribution in [3.05, 3.63) is 0 Å². The lowest BCUT2D eigenvalue weighted by atomic mass is 10.4. The summed E-state index contributed by atoms with van der Waals surface area (Å²) in [6.45, 7) is 1.40. The summed E-state index contributed by atoms with van der Waals surface area (Å²) in [5.74, 6) is -0.689. The number of rotatable bonds is 2. The van der Waals surface area contributed by atoms with Crippen LogP contribution in [0.15, 0.2) is 0 Å². The zero-order valence-corrected chi connectivity index (χ0v) is 5.72. The quantitative estimate of drug-likeness (QED) is 0.398. The smallest absolute Gasteiger partial charge is 0.249 e. The van der Waals surface area contributed by atoms with E-state index >= 15 is 0 Å². The highest BCUT2D eigenvalue weighted by atomic mass is 32.2. The second kappa shape index (κ2) is 3.41. The van der Waals surface area contributed by atoms with Crippen LogP contribution in [0, 0.1) is 0 Å². The van der Waals surface area contributed by atoms with Crippen LogP contribution in [-0.2, 0) is 15.7 Å². The van der Waals surface area contributed by atoms with Gasteiger partial charge < -0.3 is 5.73 Å². The molecule has 0 fully saturated rings. The fraction of sp³-hybridized carbons (Fsp3) is 0.667. The maximum atomic E-state index is 10.3. The van der Waals surface area contributed by atoms with Crippen molar-refractivity contribution >= 4 is 16.8 Å². The summed E-state index contributed by atoms with van der Waals surface area (Å²) in [6, 6.07) is -0.780. The van der Waals surface area contributed by atoms with Gasteiger partial charge in [0, 0.05) is 0 Å². The molecule has 0 rings (SSSR count). The Hall–Kier alpha value is -0.620. The Balaban J connectivity index is 3.79. The van der Waals surface area contributed by atoms with E-state index in [1.807, 2.05) is 0 Å². The van der Waals surface area contributed by atoms with E-state index in [4.69, 9.17) is 5.73 Å². The SMILES string of the molecule is CC(N)C(=O)N[SH](=O)=O. The van der Waals surface area contributed by atoms with E-state index in [1.54, 1.807) is 4.72 Å². The predicted octanol–water partition coefficient (Wildman–Crippen LogP) is -2.02. The third-order valence-corrected chi connectivity index (χ3v) is 1.02. The Kier molecular flexibility index (Phi) is 3.18. The molecule has 0 saturated carbocycles. The third-order valence-electron chi connectivity index (χ3n) is 0.615. The van der Waals surface area contributed by atoms with Crippen LogP contribution >= 0.6 is 0 Å². The van der Waals surface area contributed by atoms with Crippen molar-refractivity contribution in [1.29, 1.82) is 0 Å². The van der Waals surface area contributed by atoms with Crippen molar-refractivity contribution in [3.63, 3.8) is 0 Å². The first-order chi connectivity index (χ1) is 4.04. The summed E-state index contributed by atoms with van der Waals surface area (Å²) < 4.78 is 21.2. The van der Waals surface area contributed by atoms with Gasteiger partial charge in [-0.05, 0) is 6.92 Å². The molecule has 5 nitrogen and oxygen atoms in total. The lowest BCUT2D eigenvalue weighted by Gasteiger charge is -1.98. The molecule has 0 aromatic rings. The number of hydrogen-bond acceptors (Lipinski definition) is 4. The summed E-state index contributed by atoms with van der Waals surface area (Å²) in [7, 11) is -2.85. The van der Waals surface area contributed by atoms with Crippen molar-refractivity contribution in [2.24, 2.45) is 5.73 Å². The van der Waals surface area contributed by atoms with Gasteiger partial charge in [0.15, 0.2) is 0 Å². The van der Waals surface area contributed by atoms with Gasteiger partial charge in [-0.25, -0.2) is 8.42 Å². The molecular formula is C3H8N2O3S. The number of thiol groups is 1. The van der Waals surface area contributed by atoms with E-state index in [0.29, 0.717) is 0 Å². The maximum absolute atomic E-state index is 10.3. The van der Waals surface area contributed by atoms with Crippen LogP contribution in [0.25, 0.3) is 0 Å². The lowest BCUT2D eigenvalue weighted by molar-refractivity contribution is -0.120. The molecule has 0 heterocycles. The van der Waals surface area contributed by atoms with Crippen molar-refractivity contribution < 1.29 is 13.2 Å². The molecule has 0 aromatic heterocycles. The molecule has 0 bridgehead atoms. The minimum Gasteiger partial charge on any atom is -0.320 e. The first kappa shape index (κ1) is 8.38. The zero-order chi connectivity index (χ0) is 7.44. The number of carbonyl (C=O) groups excluding carboxylic acids is 1. The molecule has 0 aromatic carbocycles. The topological polar surface area (TPSA) is 89.3 Å². The van der Waals surface area contributed by atoms with Gasteiger partial charge >= 0.3 is 0 Å². The molecule has 0 aliphatic carbocycles. The largest absolute Gasteiger partial charge is 0.320 e. The van der Waals surface area contributed by atoms with Gasteiger partial charge in [0.1, 0.15) is 0 Å². The first-order valence-electron chi connectivity index (χ1n) is 2.24. The van der Waals surface area contributed by atoms with Gasteiger partial charge in [0.05, 0.1) is 6.04 Å². The van der Waals surface area contributed by atoms with Crippen LogP contribution in [-0.4, -0.2) is 20.4 Å². The molecule has 3 N–H and O–H groups in total. The minimum absolute atomic E-state index is 0.689. The number of hydrogen-bond donors (Lipinski definition) is 3. The summed E-state index contributed by atoms with van der Waals surface area (Å²) in [5, 5.41) is 0. The van der Waals surface area contributed by atoms with Gasteiger partial charge in [0.2, 0.25) is 16.8 Å². The van der Waals surface area contributed by atoms with E-state index in [0.717, 1.165) is 0 Å². The standard InChI is InChI=1S/C3H8N2O3S/c1-2(4)3(6)5-9(7)8/h2,9H,4H2,1H3,(H,5,6,7,8). The van der Waals surface area contributed by atoms with E-state index in [-0.39, 0.29) is 0 Å². The van der Waals surface area contributed by atoms with E-state index in [1.165, 1.54) is 6.92 Å². The Morgan fingerprint density at radius 2 is 2.11 bits per heavy atom. The summed E-state index contributed by atoms with van der Waals surface area (Å²) in [6.07, 6.45) is 0. The van der Waals surface area contributed by atoms with Gasteiger partial charge in [0.25, 0.3) is 0 Å². The highest BCUT2D eigenvalue weighted by Crippen LogP contribution is 1.71. The maximum Gasteiger partial charge on any atom is 0.249 e. The zero-order valence-electron chi connectivity index (χ0n) is 4.83. The normalized spacial score (nSPS) is 13.2. The molecule has 1 unspecified atom stereocenters. The Bertz CT molecular complexity index is 166. The summed E-state index contributed by atoms with van der Waals surface area (Å²) >= 11 is 0. The molecule has 6 heteroatoms. The Labute approximate surface area is 54.3 Å². The highest BCUT2D eigenvalue weighted by Gasteiger charge is 2.05. The van der Waals surface area contributed by atoms with Gasteiger partial charge in [-0.3, -0.25) is 9.52 Å². The second-order valence-corrected chi connectivity index (χ2v) is 2.26. The van der Waals surface area contributed by atoms with E-state index in [9.17, 15) is 13.2 Å². The average Bonchev–Trinajstić information content (AvgIpc) is 1.63. The molecule has 9 heavy (non-hydrogen) atoms. The van der Waals surface area contributed by atoms with Crippen molar-refractivity contribution in [3.8, 4) is 0 Å². The second-order valence-electron chi connectivity index (χ2n) is 1.52. The molecule has 0 aliphatic heterocycles. The van der Waals surface area contributed by atoms with E-state index < -0.39 is 22.8 Å². The van der Waals surface area contributed by atoms with Gasteiger partial charge in [-0.1, -0.05) is 0 Å². The fourth-order valence-electron chi connectivity index (χ4n) is 0.192. The van der Waals surface area contributed by atoms with Crippen LogP contribution in [0.4, 0.5) is 0 Å². The van der Waals surface area contributed by atoms with E-state index in [2.05, 4.69) is 0 Å².